The van der Waals surface area contributed by atoms with Crippen LogP contribution in [0.4, 0.5) is 0 Å². The summed E-state index contributed by atoms with van der Waals surface area (Å²) < 4.78 is 17.4. The summed E-state index contributed by atoms with van der Waals surface area (Å²) >= 11 is 0. The fourth-order valence-electron chi connectivity index (χ4n) is 3.35. The Morgan fingerprint density at radius 3 is 2.83 bits per heavy atom. The van der Waals surface area contributed by atoms with E-state index in [4.69, 9.17) is 19.3 Å². The molecule has 0 aromatic heterocycles. The minimum absolute atomic E-state index is 0.0556. The topological polar surface area (TPSA) is 43.3 Å². The molecule has 0 radical (unpaired) electrons. The van der Waals surface area contributed by atoms with Crippen LogP contribution in [0.1, 0.15) is 32.3 Å². The zero-order valence-electron chi connectivity index (χ0n) is 14.9. The number of methoxy groups -OCH3 is 1. The highest BCUT2D eigenvalue weighted by molar-refractivity contribution is 5.90. The number of ether oxygens (including phenoxy) is 3. The van der Waals surface area contributed by atoms with Crippen LogP contribution in [0.5, 0.6) is 0 Å². The maximum Gasteiger partial charge on any atom is 0.164 e. The van der Waals surface area contributed by atoms with Gasteiger partial charge in [0.1, 0.15) is 6.10 Å². The van der Waals surface area contributed by atoms with Crippen LogP contribution in [0.15, 0.2) is 35.4 Å². The molecule has 2 atom stereocenters. The largest absolute Gasteiger partial charge is 0.382 e. The van der Waals surface area contributed by atoms with Gasteiger partial charge in [0, 0.05) is 20.1 Å². The monoisotopic (exact) mass is 332 g/mol. The zero-order valence-corrected chi connectivity index (χ0v) is 14.9. The van der Waals surface area contributed by atoms with Crippen molar-refractivity contribution in [3.8, 4) is 0 Å². The Hall–Kier alpha value is -1.43. The molecule has 0 bridgehead atoms. The molecule has 2 fully saturated rings. The van der Waals surface area contributed by atoms with Crippen LogP contribution in [-0.4, -0.2) is 55.5 Å². The fourth-order valence-corrected chi connectivity index (χ4v) is 3.35. The first-order valence-electron chi connectivity index (χ1n) is 8.76. The summed E-state index contributed by atoms with van der Waals surface area (Å²) in [5, 5.41) is 7.05. The van der Waals surface area contributed by atoms with Crippen molar-refractivity contribution in [2.24, 2.45) is 5.10 Å². The summed E-state index contributed by atoms with van der Waals surface area (Å²) in [4.78, 5) is 0. The lowest BCUT2D eigenvalue weighted by Crippen LogP contribution is -2.48. The van der Waals surface area contributed by atoms with E-state index in [1.54, 1.807) is 7.11 Å². The van der Waals surface area contributed by atoms with Crippen LogP contribution in [0.3, 0.4) is 0 Å². The first-order chi connectivity index (χ1) is 11.6. The lowest BCUT2D eigenvalue weighted by Gasteiger charge is -2.37. The van der Waals surface area contributed by atoms with Crippen LogP contribution < -0.4 is 0 Å². The summed E-state index contributed by atoms with van der Waals surface area (Å²) in [6.07, 6.45) is 3.04. The van der Waals surface area contributed by atoms with Crippen molar-refractivity contribution in [1.82, 2.24) is 5.01 Å². The molecule has 5 heteroatoms. The Labute approximate surface area is 144 Å². The molecule has 0 spiro atoms. The van der Waals surface area contributed by atoms with E-state index in [9.17, 15) is 0 Å². The molecule has 0 unspecified atom stereocenters. The molecular formula is C19H28N2O3. The molecule has 24 heavy (non-hydrogen) atoms. The van der Waals surface area contributed by atoms with Gasteiger partial charge in [-0.25, -0.2) is 0 Å². The first kappa shape index (κ1) is 17.4. The maximum atomic E-state index is 6.18. The van der Waals surface area contributed by atoms with E-state index in [1.807, 2.05) is 19.9 Å². The Morgan fingerprint density at radius 1 is 1.29 bits per heavy atom. The molecule has 0 aliphatic carbocycles. The Morgan fingerprint density at radius 2 is 2.08 bits per heavy atom. The molecule has 2 saturated heterocycles. The van der Waals surface area contributed by atoms with Crippen molar-refractivity contribution in [3.05, 3.63) is 35.9 Å². The Kier molecular flexibility index (Phi) is 5.54. The van der Waals surface area contributed by atoms with Gasteiger partial charge < -0.3 is 14.2 Å². The third kappa shape index (κ3) is 4.35. The Balaban J connectivity index is 1.77. The summed E-state index contributed by atoms with van der Waals surface area (Å²) in [6, 6.07) is 10.8. The SMILES string of the molecule is COC[C@@H]1CCCN1/N=C1/COC(C)(C)O[C@H]1Cc1ccccc1. The normalized spacial score (nSPS) is 28.5. The van der Waals surface area contributed by atoms with E-state index in [2.05, 4.69) is 29.3 Å². The number of hydrazone groups is 1. The average Bonchev–Trinajstić information content (AvgIpc) is 2.98. The van der Waals surface area contributed by atoms with Gasteiger partial charge in [-0.3, -0.25) is 5.01 Å². The molecule has 0 amide bonds. The molecule has 2 heterocycles. The molecule has 1 aromatic rings. The van der Waals surface area contributed by atoms with Crippen LogP contribution in [0, 0.1) is 0 Å². The van der Waals surface area contributed by atoms with Crippen molar-refractivity contribution < 1.29 is 14.2 Å². The van der Waals surface area contributed by atoms with Gasteiger partial charge in [-0.2, -0.15) is 5.10 Å². The van der Waals surface area contributed by atoms with E-state index < -0.39 is 5.79 Å². The van der Waals surface area contributed by atoms with Gasteiger partial charge in [-0.15, -0.1) is 0 Å². The third-order valence-electron chi connectivity index (χ3n) is 4.59. The molecule has 2 aliphatic rings. The summed E-state index contributed by atoms with van der Waals surface area (Å²) in [7, 11) is 1.75. The minimum Gasteiger partial charge on any atom is -0.382 e. The van der Waals surface area contributed by atoms with Crippen molar-refractivity contribution in [1.29, 1.82) is 0 Å². The van der Waals surface area contributed by atoms with E-state index in [0.717, 1.165) is 31.5 Å². The summed E-state index contributed by atoms with van der Waals surface area (Å²) in [5.41, 5.74) is 2.23. The maximum absolute atomic E-state index is 6.18. The number of rotatable bonds is 5. The molecule has 5 nitrogen and oxygen atoms in total. The van der Waals surface area contributed by atoms with Crippen LogP contribution in [-0.2, 0) is 20.6 Å². The van der Waals surface area contributed by atoms with Crippen LogP contribution in [0.2, 0.25) is 0 Å². The van der Waals surface area contributed by atoms with E-state index >= 15 is 0 Å². The molecule has 0 N–H and O–H groups in total. The molecular weight excluding hydrogens is 304 g/mol. The second-order valence-electron chi connectivity index (χ2n) is 6.99. The van der Waals surface area contributed by atoms with Crippen LogP contribution >= 0.6 is 0 Å². The predicted octanol–water partition coefficient (Wildman–Crippen LogP) is 2.85. The van der Waals surface area contributed by atoms with Gasteiger partial charge in [0.2, 0.25) is 0 Å². The zero-order chi connectivity index (χ0) is 17.0. The highest BCUT2D eigenvalue weighted by atomic mass is 16.7. The highest BCUT2D eigenvalue weighted by Crippen LogP contribution is 2.25. The van der Waals surface area contributed by atoms with Gasteiger partial charge in [-0.05, 0) is 32.3 Å². The van der Waals surface area contributed by atoms with Crippen molar-refractivity contribution in [3.63, 3.8) is 0 Å². The first-order valence-corrected chi connectivity index (χ1v) is 8.76. The van der Waals surface area contributed by atoms with Gasteiger partial charge in [0.05, 0.1) is 25.0 Å². The highest BCUT2D eigenvalue weighted by Gasteiger charge is 2.35. The predicted molar refractivity (Wildman–Crippen MR) is 94.1 cm³/mol. The van der Waals surface area contributed by atoms with E-state index in [-0.39, 0.29) is 6.10 Å². The number of nitrogens with zero attached hydrogens (tertiary/aromatic N) is 2. The second kappa shape index (κ2) is 7.64. The third-order valence-corrected chi connectivity index (χ3v) is 4.59. The van der Waals surface area contributed by atoms with E-state index in [0.29, 0.717) is 19.3 Å². The van der Waals surface area contributed by atoms with E-state index in [1.165, 1.54) is 5.56 Å². The number of benzene rings is 1. The summed E-state index contributed by atoms with van der Waals surface area (Å²) in [5.74, 6) is -0.574. The molecule has 3 rings (SSSR count). The van der Waals surface area contributed by atoms with Crippen LogP contribution in [0.25, 0.3) is 0 Å². The standard InChI is InChI=1S/C19H28N2O3/c1-19(2)23-14-17(20-21-11-7-10-16(21)13-22-3)18(24-19)12-15-8-5-4-6-9-15/h4-6,8-9,16,18H,7,10-14H2,1-3H3/b20-17-/t16-,18-/m0/s1. The van der Waals surface area contributed by atoms with Crippen molar-refractivity contribution >= 4 is 5.71 Å². The molecule has 132 valence electrons. The smallest absolute Gasteiger partial charge is 0.164 e. The fraction of sp³-hybridized carbons (Fsp3) is 0.632. The lowest BCUT2D eigenvalue weighted by molar-refractivity contribution is -0.234. The van der Waals surface area contributed by atoms with Crippen molar-refractivity contribution in [2.75, 3.05) is 26.9 Å². The molecule has 2 aliphatic heterocycles. The van der Waals surface area contributed by atoms with Gasteiger partial charge in [0.15, 0.2) is 5.79 Å². The molecule has 0 saturated carbocycles. The lowest BCUT2D eigenvalue weighted by atomic mass is 10.0. The number of hydrogen-bond donors (Lipinski definition) is 0. The molecule has 1 aromatic carbocycles. The van der Waals surface area contributed by atoms with Gasteiger partial charge >= 0.3 is 0 Å². The average molecular weight is 332 g/mol. The van der Waals surface area contributed by atoms with Gasteiger partial charge in [-0.1, -0.05) is 30.3 Å². The minimum atomic E-state index is -0.574. The van der Waals surface area contributed by atoms with Gasteiger partial charge in [0.25, 0.3) is 0 Å². The number of hydrogen-bond acceptors (Lipinski definition) is 5. The Bertz CT molecular complexity index is 559. The van der Waals surface area contributed by atoms with Crippen molar-refractivity contribution in [2.45, 2.75) is 51.0 Å². The summed E-state index contributed by atoms with van der Waals surface area (Å²) in [6.45, 7) is 6.13. The quantitative estimate of drug-likeness (QED) is 0.832. The second-order valence-corrected chi connectivity index (χ2v) is 6.99.